The third-order valence-corrected chi connectivity index (χ3v) is 5.22. The lowest BCUT2D eigenvalue weighted by Gasteiger charge is -2.23. The van der Waals surface area contributed by atoms with Gasteiger partial charge >= 0.3 is 11.9 Å². The van der Waals surface area contributed by atoms with Gasteiger partial charge in [-0.15, -0.1) is 0 Å². The van der Waals surface area contributed by atoms with E-state index in [1.54, 1.807) is 13.8 Å². The lowest BCUT2D eigenvalue weighted by molar-refractivity contribution is -0.152. The molecule has 6 nitrogen and oxygen atoms in total. The van der Waals surface area contributed by atoms with Gasteiger partial charge in [-0.1, -0.05) is 61.5 Å². The van der Waals surface area contributed by atoms with Gasteiger partial charge in [0.2, 0.25) is 5.91 Å². The van der Waals surface area contributed by atoms with Gasteiger partial charge < -0.3 is 14.8 Å². The summed E-state index contributed by atoms with van der Waals surface area (Å²) in [5.74, 6) is -1.29. The fourth-order valence-electron chi connectivity index (χ4n) is 3.65. The van der Waals surface area contributed by atoms with Crippen LogP contribution in [0.15, 0.2) is 54.6 Å². The van der Waals surface area contributed by atoms with Crippen LogP contribution in [0.4, 0.5) is 0 Å². The summed E-state index contributed by atoms with van der Waals surface area (Å²) in [6.45, 7) is 8.98. The maximum atomic E-state index is 12.6. The highest BCUT2D eigenvalue weighted by Crippen LogP contribution is 2.21. The topological polar surface area (TPSA) is 81.7 Å². The first kappa shape index (κ1) is 27.1. The van der Waals surface area contributed by atoms with E-state index in [2.05, 4.69) is 29.6 Å². The minimum Gasteiger partial charge on any atom is -0.463 e. The van der Waals surface area contributed by atoms with Gasteiger partial charge in [-0.2, -0.15) is 0 Å². The Hall–Kier alpha value is -3.15. The number of hydrogen-bond donors (Lipinski definition) is 1. The van der Waals surface area contributed by atoms with Gasteiger partial charge in [0.15, 0.2) is 0 Å². The average molecular weight is 468 g/mol. The summed E-state index contributed by atoms with van der Waals surface area (Å²) in [5.41, 5.74) is 3.30. The van der Waals surface area contributed by atoms with E-state index in [0.29, 0.717) is 12.8 Å². The zero-order valence-electron chi connectivity index (χ0n) is 20.9. The van der Waals surface area contributed by atoms with Crippen molar-refractivity contribution in [2.24, 2.45) is 5.92 Å². The van der Waals surface area contributed by atoms with E-state index in [4.69, 9.17) is 9.47 Å². The van der Waals surface area contributed by atoms with Crippen LogP contribution in [-0.2, 0) is 30.3 Å². The van der Waals surface area contributed by atoms with Crippen LogP contribution in [0, 0.1) is 5.92 Å². The molecule has 184 valence electrons. The number of carbonyl (C=O) groups is 3. The van der Waals surface area contributed by atoms with Crippen molar-refractivity contribution in [2.45, 2.75) is 78.6 Å². The first-order valence-corrected chi connectivity index (χ1v) is 12.0. The predicted molar refractivity (Wildman–Crippen MR) is 133 cm³/mol. The fraction of sp³-hybridized carbons (Fsp3) is 0.464. The highest BCUT2D eigenvalue weighted by atomic mass is 16.5. The zero-order chi connectivity index (χ0) is 25.1. The van der Waals surface area contributed by atoms with E-state index < -0.39 is 5.97 Å². The Bertz CT molecular complexity index is 922. The minimum absolute atomic E-state index is 0.0213. The Labute approximate surface area is 203 Å². The lowest BCUT2D eigenvalue weighted by Crippen LogP contribution is -2.39. The number of amides is 1. The van der Waals surface area contributed by atoms with Crippen molar-refractivity contribution >= 4 is 17.8 Å². The smallest absolute Gasteiger partial charge is 0.308 e. The number of carbonyl (C=O) groups excluding carboxylic acids is 3. The highest BCUT2D eigenvalue weighted by Gasteiger charge is 2.23. The molecule has 0 unspecified atom stereocenters. The normalized spacial score (nSPS) is 12.8. The van der Waals surface area contributed by atoms with E-state index in [1.807, 2.05) is 51.1 Å². The van der Waals surface area contributed by atoms with Crippen molar-refractivity contribution in [3.63, 3.8) is 0 Å². The van der Waals surface area contributed by atoms with E-state index in [0.717, 1.165) is 16.7 Å². The molecule has 0 aliphatic carbocycles. The molecule has 0 aliphatic rings. The molecule has 0 fully saturated rings. The van der Waals surface area contributed by atoms with Crippen molar-refractivity contribution in [3.05, 3.63) is 60.2 Å². The van der Waals surface area contributed by atoms with Crippen LogP contribution in [0.1, 0.15) is 59.4 Å². The predicted octanol–water partition coefficient (Wildman–Crippen LogP) is 5.09. The molecule has 1 amide bonds. The van der Waals surface area contributed by atoms with Crippen molar-refractivity contribution < 1.29 is 23.9 Å². The van der Waals surface area contributed by atoms with Crippen LogP contribution in [0.25, 0.3) is 11.1 Å². The molecular formula is C28H37NO5. The zero-order valence-corrected chi connectivity index (χ0v) is 20.9. The van der Waals surface area contributed by atoms with Gasteiger partial charge in [0.1, 0.15) is 0 Å². The summed E-state index contributed by atoms with van der Waals surface area (Å²) in [5, 5.41) is 3.01. The number of hydrogen-bond acceptors (Lipinski definition) is 5. The highest BCUT2D eigenvalue weighted by molar-refractivity contribution is 5.81. The minimum atomic E-state index is -0.396. The van der Waals surface area contributed by atoms with E-state index >= 15 is 0 Å². The molecule has 0 bridgehead atoms. The monoisotopic (exact) mass is 467 g/mol. The van der Waals surface area contributed by atoms with Crippen LogP contribution < -0.4 is 5.32 Å². The van der Waals surface area contributed by atoms with Gasteiger partial charge in [0, 0.05) is 12.5 Å². The van der Waals surface area contributed by atoms with Crippen LogP contribution >= 0.6 is 0 Å². The van der Waals surface area contributed by atoms with Crippen LogP contribution in [0.2, 0.25) is 0 Å². The van der Waals surface area contributed by atoms with Crippen LogP contribution in [0.3, 0.4) is 0 Å². The third-order valence-electron chi connectivity index (χ3n) is 5.22. The van der Waals surface area contributed by atoms with Crippen LogP contribution in [-0.4, -0.2) is 36.1 Å². The molecule has 1 N–H and O–H groups in total. The van der Waals surface area contributed by atoms with Gasteiger partial charge in [0.05, 0.1) is 24.5 Å². The van der Waals surface area contributed by atoms with Crippen LogP contribution in [0.5, 0.6) is 0 Å². The van der Waals surface area contributed by atoms with Crippen molar-refractivity contribution in [3.8, 4) is 11.1 Å². The summed E-state index contributed by atoms with van der Waals surface area (Å²) >= 11 is 0. The maximum Gasteiger partial charge on any atom is 0.308 e. The van der Waals surface area contributed by atoms with Gasteiger partial charge in [-0.05, 0) is 57.2 Å². The van der Waals surface area contributed by atoms with E-state index in [9.17, 15) is 14.4 Å². The van der Waals surface area contributed by atoms with Gasteiger partial charge in [-0.3, -0.25) is 14.4 Å². The van der Waals surface area contributed by atoms with Crippen molar-refractivity contribution in [1.82, 2.24) is 5.32 Å². The molecule has 2 rings (SSSR count). The molecule has 34 heavy (non-hydrogen) atoms. The Morgan fingerprint density at radius 1 is 0.765 bits per heavy atom. The first-order valence-electron chi connectivity index (χ1n) is 12.0. The molecule has 2 atom stereocenters. The molecule has 0 saturated carbocycles. The number of nitrogens with one attached hydrogen (secondary N) is 1. The van der Waals surface area contributed by atoms with E-state index in [-0.39, 0.29) is 48.9 Å². The summed E-state index contributed by atoms with van der Waals surface area (Å²) < 4.78 is 10.4. The quantitative estimate of drug-likeness (QED) is 0.440. The second-order valence-corrected chi connectivity index (χ2v) is 9.19. The second kappa shape index (κ2) is 13.5. The van der Waals surface area contributed by atoms with Crippen molar-refractivity contribution in [2.75, 3.05) is 0 Å². The Morgan fingerprint density at radius 3 is 1.94 bits per heavy atom. The number of benzene rings is 2. The summed E-state index contributed by atoms with van der Waals surface area (Å²) in [7, 11) is 0. The largest absolute Gasteiger partial charge is 0.463 e. The third kappa shape index (κ3) is 9.77. The molecule has 0 heterocycles. The second-order valence-electron chi connectivity index (χ2n) is 9.19. The Kier molecular flexibility index (Phi) is 10.8. The SMILES string of the molecule is CC(C)OC(=O)CCC(=O)N[C@H](Cc1ccc(-c2ccccc2)cc1)C[C@@H](C)C(=O)OC(C)C. The molecule has 6 heteroatoms. The van der Waals surface area contributed by atoms with Gasteiger partial charge in [-0.25, -0.2) is 0 Å². The first-order chi connectivity index (χ1) is 16.1. The average Bonchev–Trinajstić information content (AvgIpc) is 2.78. The molecule has 0 saturated heterocycles. The lowest BCUT2D eigenvalue weighted by atomic mass is 9.94. The molecule has 0 spiro atoms. The molecule has 2 aromatic rings. The van der Waals surface area contributed by atoms with E-state index in [1.165, 1.54) is 0 Å². The molecule has 2 aromatic carbocycles. The Morgan fingerprint density at radius 2 is 1.35 bits per heavy atom. The molecule has 0 aliphatic heterocycles. The number of rotatable bonds is 12. The number of ether oxygens (including phenoxy) is 2. The molecular weight excluding hydrogens is 430 g/mol. The maximum absolute atomic E-state index is 12.6. The molecule has 0 aromatic heterocycles. The van der Waals surface area contributed by atoms with Crippen molar-refractivity contribution in [1.29, 1.82) is 0 Å². The van der Waals surface area contributed by atoms with Gasteiger partial charge in [0.25, 0.3) is 0 Å². The summed E-state index contributed by atoms with van der Waals surface area (Å²) in [4.78, 5) is 36.7. The fourth-order valence-corrected chi connectivity index (χ4v) is 3.65. The summed E-state index contributed by atoms with van der Waals surface area (Å²) in [6.07, 6.45) is 0.660. The summed E-state index contributed by atoms with van der Waals surface area (Å²) in [6, 6.07) is 18.0. The Balaban J connectivity index is 2.06. The number of esters is 2. The molecule has 0 radical (unpaired) electrons. The standard InChI is InChI=1S/C28H37NO5/c1-19(2)33-27(31)16-15-26(30)29-25(17-21(5)28(32)34-20(3)4)18-22-11-13-24(14-12-22)23-9-7-6-8-10-23/h6-14,19-21,25H,15-18H2,1-5H3,(H,29,30)/t21-,25+/m1/s1.